The number of nitrogens with zero attached hydrogens (tertiary/aromatic N) is 2. The summed E-state index contributed by atoms with van der Waals surface area (Å²) in [5.74, 6) is 0.689. The van der Waals surface area contributed by atoms with E-state index in [9.17, 15) is 0 Å². The van der Waals surface area contributed by atoms with Crippen LogP contribution in [0.1, 0.15) is 22.3 Å². The number of rotatable bonds is 6. The minimum Gasteiger partial charge on any atom is -0.455 e. The molecule has 0 saturated heterocycles. The van der Waals surface area contributed by atoms with Gasteiger partial charge in [0.05, 0.1) is 16.8 Å². The molecule has 2 aromatic heterocycles. The van der Waals surface area contributed by atoms with Crippen LogP contribution in [0.15, 0.2) is 223 Å². The van der Waals surface area contributed by atoms with Gasteiger partial charge in [0, 0.05) is 32.8 Å². The Morgan fingerprint density at radius 3 is 1.68 bits per heavy atom. The highest BCUT2D eigenvalue weighted by molar-refractivity contribution is 6.21. The van der Waals surface area contributed by atoms with Gasteiger partial charge in [0.25, 0.3) is 0 Å². The zero-order valence-electron chi connectivity index (χ0n) is 32.6. The average molecular weight is 765 g/mol. The summed E-state index contributed by atoms with van der Waals surface area (Å²) < 4.78 is 6.52. The van der Waals surface area contributed by atoms with Crippen molar-refractivity contribution in [1.82, 2.24) is 9.97 Å². The van der Waals surface area contributed by atoms with Crippen LogP contribution in [0.2, 0.25) is 0 Å². The Labute approximate surface area is 347 Å². The van der Waals surface area contributed by atoms with Gasteiger partial charge in [-0.15, -0.1) is 0 Å². The lowest BCUT2D eigenvalue weighted by atomic mass is 9.67. The molecule has 0 N–H and O–H groups in total. The van der Waals surface area contributed by atoms with E-state index in [0.29, 0.717) is 5.82 Å². The van der Waals surface area contributed by atoms with E-state index in [1.165, 1.54) is 33.4 Å². The minimum absolute atomic E-state index is 0.507. The Morgan fingerprint density at radius 1 is 0.367 bits per heavy atom. The van der Waals surface area contributed by atoms with E-state index in [1.807, 2.05) is 24.3 Å². The second-order valence-corrected chi connectivity index (χ2v) is 15.6. The van der Waals surface area contributed by atoms with E-state index >= 15 is 0 Å². The van der Waals surface area contributed by atoms with Gasteiger partial charge in [0.2, 0.25) is 0 Å². The maximum absolute atomic E-state index is 6.52. The molecule has 9 aromatic carbocycles. The molecule has 280 valence electrons. The van der Waals surface area contributed by atoms with Crippen LogP contribution in [0.25, 0.3) is 88.9 Å². The van der Waals surface area contributed by atoms with Crippen molar-refractivity contribution < 1.29 is 4.42 Å². The van der Waals surface area contributed by atoms with Gasteiger partial charge in [0.1, 0.15) is 11.2 Å². The first-order valence-corrected chi connectivity index (χ1v) is 20.5. The van der Waals surface area contributed by atoms with Gasteiger partial charge in [-0.3, -0.25) is 0 Å². The van der Waals surface area contributed by atoms with Crippen LogP contribution in [-0.2, 0) is 5.41 Å². The van der Waals surface area contributed by atoms with Crippen molar-refractivity contribution in [3.63, 3.8) is 0 Å². The molecule has 11 aromatic rings. The Kier molecular flexibility index (Phi) is 7.76. The first-order chi connectivity index (χ1) is 29.7. The van der Waals surface area contributed by atoms with Crippen molar-refractivity contribution in [3.8, 4) is 56.2 Å². The van der Waals surface area contributed by atoms with Crippen molar-refractivity contribution in [3.05, 3.63) is 241 Å². The molecule has 3 heteroatoms. The van der Waals surface area contributed by atoms with Crippen LogP contribution in [0.4, 0.5) is 0 Å². The minimum atomic E-state index is -0.507. The summed E-state index contributed by atoms with van der Waals surface area (Å²) in [4.78, 5) is 10.5. The Morgan fingerprint density at radius 2 is 0.933 bits per heavy atom. The summed E-state index contributed by atoms with van der Waals surface area (Å²) in [6.45, 7) is 0. The Balaban J connectivity index is 1.03. The van der Waals surface area contributed by atoms with E-state index in [0.717, 1.165) is 71.9 Å². The molecule has 0 unspecified atom stereocenters. The summed E-state index contributed by atoms with van der Waals surface area (Å²) in [6.07, 6.45) is 0. The van der Waals surface area contributed by atoms with E-state index in [4.69, 9.17) is 14.4 Å². The summed E-state index contributed by atoms with van der Waals surface area (Å²) in [5.41, 5.74) is 15.8. The van der Waals surface area contributed by atoms with Crippen LogP contribution < -0.4 is 0 Å². The predicted octanol–water partition coefficient (Wildman–Crippen LogP) is 14.6. The van der Waals surface area contributed by atoms with E-state index in [-0.39, 0.29) is 0 Å². The van der Waals surface area contributed by atoms with Crippen LogP contribution in [0.3, 0.4) is 0 Å². The number of para-hydroxylation sites is 1. The topological polar surface area (TPSA) is 38.9 Å². The fourth-order valence-corrected chi connectivity index (χ4v) is 9.67. The van der Waals surface area contributed by atoms with Crippen LogP contribution in [0.5, 0.6) is 0 Å². The maximum atomic E-state index is 6.52. The largest absolute Gasteiger partial charge is 0.455 e. The number of hydrogen-bond acceptors (Lipinski definition) is 3. The molecule has 0 saturated carbocycles. The highest BCUT2D eigenvalue weighted by Gasteiger charge is 2.46. The monoisotopic (exact) mass is 764 g/mol. The van der Waals surface area contributed by atoms with E-state index in [2.05, 4.69) is 194 Å². The van der Waals surface area contributed by atoms with Gasteiger partial charge in [0.15, 0.2) is 5.82 Å². The third-order valence-electron chi connectivity index (χ3n) is 12.4. The number of hydrogen-bond donors (Lipinski definition) is 0. The first kappa shape index (κ1) is 34.2. The van der Waals surface area contributed by atoms with Crippen molar-refractivity contribution in [2.24, 2.45) is 0 Å². The molecular formula is C57H36N2O. The summed E-state index contributed by atoms with van der Waals surface area (Å²) in [7, 11) is 0. The molecular weight excluding hydrogens is 729 g/mol. The molecule has 1 aliphatic carbocycles. The highest BCUT2D eigenvalue weighted by atomic mass is 16.3. The fourth-order valence-electron chi connectivity index (χ4n) is 9.67. The average Bonchev–Trinajstić information content (AvgIpc) is 3.87. The quantitative estimate of drug-likeness (QED) is 0.169. The van der Waals surface area contributed by atoms with Crippen molar-refractivity contribution >= 4 is 32.7 Å². The number of benzene rings is 9. The molecule has 0 atom stereocenters. The zero-order valence-corrected chi connectivity index (χ0v) is 32.6. The maximum Gasteiger partial charge on any atom is 0.160 e. The van der Waals surface area contributed by atoms with Crippen LogP contribution in [0, 0.1) is 0 Å². The number of aromatic nitrogens is 2. The lowest BCUT2D eigenvalue weighted by Gasteiger charge is -2.34. The standard InChI is InChI=1S/C57H36N2O/c1-4-16-39(17-5-1)56-58-51(38-30-28-37(29-31-38)48-34-40-18-10-11-23-44(40)55-54(48)47-25-13-15-27-53(47)60-55)36-52(59-56)41-32-33-46-45-24-12-14-26-49(45)57(50(46)35-41,42-19-6-2-7-20-42)43-21-8-3-9-22-43/h1-36H. The van der Waals surface area contributed by atoms with Gasteiger partial charge in [-0.05, 0) is 74.2 Å². The zero-order chi connectivity index (χ0) is 39.6. The van der Waals surface area contributed by atoms with Gasteiger partial charge in [-0.2, -0.15) is 0 Å². The smallest absolute Gasteiger partial charge is 0.160 e. The molecule has 2 heterocycles. The van der Waals surface area contributed by atoms with E-state index < -0.39 is 5.41 Å². The highest BCUT2D eigenvalue weighted by Crippen LogP contribution is 2.56. The van der Waals surface area contributed by atoms with E-state index in [1.54, 1.807) is 0 Å². The lowest BCUT2D eigenvalue weighted by molar-refractivity contribution is 0.673. The van der Waals surface area contributed by atoms with Crippen LogP contribution >= 0.6 is 0 Å². The molecule has 0 aliphatic heterocycles. The van der Waals surface area contributed by atoms with Crippen molar-refractivity contribution in [2.75, 3.05) is 0 Å². The second-order valence-electron chi connectivity index (χ2n) is 15.6. The normalized spacial score (nSPS) is 12.8. The second kappa shape index (κ2) is 13.6. The molecule has 0 radical (unpaired) electrons. The van der Waals surface area contributed by atoms with Gasteiger partial charge < -0.3 is 4.42 Å². The Hall–Kier alpha value is -7.88. The molecule has 1 aliphatic rings. The molecule has 0 bridgehead atoms. The van der Waals surface area contributed by atoms with Gasteiger partial charge in [-0.1, -0.05) is 194 Å². The lowest BCUT2D eigenvalue weighted by Crippen LogP contribution is -2.28. The molecule has 0 amide bonds. The first-order valence-electron chi connectivity index (χ1n) is 20.5. The van der Waals surface area contributed by atoms with Crippen molar-refractivity contribution in [2.45, 2.75) is 5.41 Å². The molecule has 0 spiro atoms. The predicted molar refractivity (Wildman–Crippen MR) is 246 cm³/mol. The molecule has 60 heavy (non-hydrogen) atoms. The third kappa shape index (κ3) is 5.23. The molecule has 12 rings (SSSR count). The summed E-state index contributed by atoms with van der Waals surface area (Å²) >= 11 is 0. The van der Waals surface area contributed by atoms with Crippen molar-refractivity contribution in [1.29, 1.82) is 0 Å². The summed E-state index contributed by atoms with van der Waals surface area (Å²) in [5, 5.41) is 4.52. The Bertz CT molecular complexity index is 3370. The van der Waals surface area contributed by atoms with Gasteiger partial charge >= 0.3 is 0 Å². The van der Waals surface area contributed by atoms with Gasteiger partial charge in [-0.25, -0.2) is 9.97 Å². The number of furan rings is 1. The molecule has 3 nitrogen and oxygen atoms in total. The molecule has 0 fully saturated rings. The third-order valence-corrected chi connectivity index (χ3v) is 12.4. The van der Waals surface area contributed by atoms with Crippen LogP contribution in [-0.4, -0.2) is 9.97 Å². The number of fused-ring (bicyclic) bond motifs is 8. The SMILES string of the molecule is c1ccc(-c2nc(-c3ccc(-c4cc5ccccc5c5oc6ccccc6c45)cc3)cc(-c3ccc4c(c3)C(c3ccccc3)(c3ccccc3)c3ccccc3-4)n2)cc1. The summed E-state index contributed by atoms with van der Waals surface area (Å²) in [6, 6.07) is 78.0. The fraction of sp³-hybridized carbons (Fsp3) is 0.0175.